The van der Waals surface area contributed by atoms with Gasteiger partial charge in [-0.3, -0.25) is 14.9 Å². The van der Waals surface area contributed by atoms with Crippen LogP contribution < -0.4 is 5.73 Å². The number of amidine groups is 1. The maximum absolute atomic E-state index is 11.7. The van der Waals surface area contributed by atoms with Crippen molar-refractivity contribution in [2.24, 2.45) is 21.6 Å². The van der Waals surface area contributed by atoms with Crippen molar-refractivity contribution in [2.45, 2.75) is 20.0 Å². The highest BCUT2D eigenvalue weighted by atomic mass is 16.5. The van der Waals surface area contributed by atoms with Gasteiger partial charge in [0.2, 0.25) is 0 Å². The van der Waals surface area contributed by atoms with Crippen molar-refractivity contribution in [1.82, 2.24) is 9.96 Å². The van der Waals surface area contributed by atoms with Crippen molar-refractivity contribution in [3.05, 3.63) is 5.21 Å². The van der Waals surface area contributed by atoms with E-state index in [1.807, 2.05) is 32.8 Å². The first-order valence-corrected chi connectivity index (χ1v) is 5.23. The summed E-state index contributed by atoms with van der Waals surface area (Å²) in [4.78, 5) is 9.55. The van der Waals surface area contributed by atoms with E-state index >= 15 is 0 Å². The Hall–Kier alpha value is -1.14. The van der Waals surface area contributed by atoms with Crippen LogP contribution in [0.5, 0.6) is 0 Å². The minimum Gasteiger partial charge on any atom is -0.757 e. The summed E-state index contributed by atoms with van der Waals surface area (Å²) in [6, 6.07) is 0. The van der Waals surface area contributed by atoms with E-state index in [1.165, 1.54) is 6.34 Å². The van der Waals surface area contributed by atoms with E-state index in [0.29, 0.717) is 5.84 Å². The standard InChI is InChI=1S/C10H22N5O/c1-8(2)10(14(4)5)15(16)7-13-6-9(11)12-3/h7-8,10H,6H2,1-5H3,(H2,11,12)/q-1/t10-/m1/s1. The van der Waals surface area contributed by atoms with E-state index in [2.05, 4.69) is 9.98 Å². The van der Waals surface area contributed by atoms with Gasteiger partial charge in [0.25, 0.3) is 0 Å². The first-order valence-electron chi connectivity index (χ1n) is 5.23. The largest absolute Gasteiger partial charge is 0.757 e. The lowest BCUT2D eigenvalue weighted by molar-refractivity contribution is 0.135. The van der Waals surface area contributed by atoms with Gasteiger partial charge in [-0.05, 0) is 20.0 Å². The number of nitrogens with zero attached hydrogens (tertiary/aromatic N) is 4. The van der Waals surface area contributed by atoms with E-state index in [4.69, 9.17) is 5.73 Å². The molecule has 0 bridgehead atoms. The van der Waals surface area contributed by atoms with Crippen LogP contribution in [0.3, 0.4) is 0 Å². The zero-order valence-corrected chi connectivity index (χ0v) is 10.7. The summed E-state index contributed by atoms with van der Waals surface area (Å²) < 4.78 is 0. The van der Waals surface area contributed by atoms with E-state index in [9.17, 15) is 5.21 Å². The fourth-order valence-corrected chi connectivity index (χ4v) is 1.47. The fourth-order valence-electron chi connectivity index (χ4n) is 1.47. The minimum atomic E-state index is -0.219. The molecule has 94 valence electrons. The summed E-state index contributed by atoms with van der Waals surface area (Å²) >= 11 is 0. The molecule has 0 rings (SSSR count). The van der Waals surface area contributed by atoms with Crippen molar-refractivity contribution in [2.75, 3.05) is 27.7 Å². The second-order valence-electron chi connectivity index (χ2n) is 4.15. The third-order valence-corrected chi connectivity index (χ3v) is 2.12. The summed E-state index contributed by atoms with van der Waals surface area (Å²) in [6.07, 6.45) is 1.05. The van der Waals surface area contributed by atoms with Crippen LogP contribution in [-0.2, 0) is 0 Å². The van der Waals surface area contributed by atoms with Gasteiger partial charge in [0.05, 0.1) is 19.0 Å². The molecule has 0 aliphatic heterocycles. The SMILES string of the molecule is CN=C(N)CN=CN([O-])[C@H](C(C)C)N(C)C. The number of hydrogen-bond donors (Lipinski definition) is 1. The number of hydroxylamine groups is 2. The topological polar surface area (TPSA) is 80.3 Å². The molecular weight excluding hydrogens is 206 g/mol. The molecule has 0 spiro atoms. The number of rotatable bonds is 6. The van der Waals surface area contributed by atoms with Crippen LogP contribution in [0.25, 0.3) is 0 Å². The minimum absolute atomic E-state index is 0.219. The van der Waals surface area contributed by atoms with Crippen LogP contribution in [-0.4, -0.2) is 56.0 Å². The van der Waals surface area contributed by atoms with E-state index in [-0.39, 0.29) is 18.6 Å². The number of nitrogens with two attached hydrogens (primary N) is 1. The first kappa shape index (κ1) is 14.9. The molecule has 6 nitrogen and oxygen atoms in total. The molecule has 0 aliphatic rings. The fraction of sp³-hybridized carbons (Fsp3) is 0.800. The lowest BCUT2D eigenvalue weighted by atomic mass is 10.1. The molecular formula is C10H22N5O-. The van der Waals surface area contributed by atoms with Gasteiger partial charge in [0.15, 0.2) is 0 Å². The molecule has 0 aromatic rings. The summed E-state index contributed by atoms with van der Waals surface area (Å²) in [6.45, 7) is 4.24. The Morgan fingerprint density at radius 2 is 2.00 bits per heavy atom. The van der Waals surface area contributed by atoms with Crippen LogP contribution in [0, 0.1) is 11.1 Å². The van der Waals surface area contributed by atoms with Crippen molar-refractivity contribution < 1.29 is 0 Å². The van der Waals surface area contributed by atoms with Crippen molar-refractivity contribution >= 4 is 12.2 Å². The lowest BCUT2D eigenvalue weighted by Gasteiger charge is -2.41. The normalized spacial score (nSPS) is 15.1. The van der Waals surface area contributed by atoms with Gasteiger partial charge in [-0.25, -0.2) is 0 Å². The molecule has 0 aliphatic carbocycles. The van der Waals surface area contributed by atoms with Gasteiger partial charge in [0.1, 0.15) is 5.84 Å². The highest BCUT2D eigenvalue weighted by Gasteiger charge is 2.15. The number of hydrogen-bond acceptors (Lipinski definition) is 4. The lowest BCUT2D eigenvalue weighted by Crippen LogP contribution is -2.44. The Balaban J connectivity index is 4.36. The maximum atomic E-state index is 11.7. The highest BCUT2D eigenvalue weighted by molar-refractivity contribution is 5.83. The van der Waals surface area contributed by atoms with Crippen LogP contribution in [0.1, 0.15) is 13.8 Å². The van der Waals surface area contributed by atoms with Gasteiger partial charge in [-0.1, -0.05) is 13.8 Å². The Bertz CT molecular complexity index is 242. The summed E-state index contributed by atoms with van der Waals surface area (Å²) in [7, 11) is 5.33. The van der Waals surface area contributed by atoms with Gasteiger partial charge in [-0.15, -0.1) is 0 Å². The van der Waals surface area contributed by atoms with Crippen molar-refractivity contribution in [3.63, 3.8) is 0 Å². The first-order chi connectivity index (χ1) is 7.40. The predicted molar refractivity (Wildman–Crippen MR) is 68.4 cm³/mol. The maximum Gasteiger partial charge on any atom is 0.115 e. The van der Waals surface area contributed by atoms with Gasteiger partial charge >= 0.3 is 0 Å². The molecule has 1 atom stereocenters. The third-order valence-electron chi connectivity index (χ3n) is 2.12. The monoisotopic (exact) mass is 228 g/mol. The summed E-state index contributed by atoms with van der Waals surface area (Å²) in [5, 5.41) is 12.6. The van der Waals surface area contributed by atoms with Gasteiger partial charge in [-0.2, -0.15) is 0 Å². The smallest absolute Gasteiger partial charge is 0.115 e. The second-order valence-corrected chi connectivity index (χ2v) is 4.15. The molecule has 0 heterocycles. The molecule has 0 saturated heterocycles. The average Bonchev–Trinajstić information content (AvgIpc) is 2.16. The Morgan fingerprint density at radius 1 is 1.44 bits per heavy atom. The van der Waals surface area contributed by atoms with Gasteiger partial charge < -0.3 is 16.0 Å². The number of aliphatic imine (C=N–C) groups is 2. The Morgan fingerprint density at radius 3 is 2.38 bits per heavy atom. The van der Waals surface area contributed by atoms with Crippen molar-refractivity contribution in [3.8, 4) is 0 Å². The summed E-state index contributed by atoms with van der Waals surface area (Å²) in [5.74, 6) is 0.631. The van der Waals surface area contributed by atoms with Crippen LogP contribution >= 0.6 is 0 Å². The Kier molecular flexibility index (Phi) is 6.67. The van der Waals surface area contributed by atoms with Crippen molar-refractivity contribution in [1.29, 1.82) is 0 Å². The molecule has 6 heteroatoms. The zero-order chi connectivity index (χ0) is 12.7. The molecule has 0 aromatic carbocycles. The molecule has 0 unspecified atom stereocenters. The van der Waals surface area contributed by atoms with E-state index in [0.717, 1.165) is 5.06 Å². The molecule has 0 aromatic heterocycles. The Labute approximate surface area is 97.4 Å². The van der Waals surface area contributed by atoms with Gasteiger partial charge in [0, 0.05) is 7.05 Å². The summed E-state index contributed by atoms with van der Waals surface area (Å²) in [5.41, 5.74) is 5.46. The van der Waals surface area contributed by atoms with Crippen LogP contribution in [0.2, 0.25) is 0 Å². The third kappa shape index (κ3) is 5.09. The quantitative estimate of drug-likeness (QED) is 0.308. The molecule has 0 amide bonds. The zero-order valence-electron chi connectivity index (χ0n) is 10.7. The molecule has 0 radical (unpaired) electrons. The molecule has 2 N–H and O–H groups in total. The average molecular weight is 228 g/mol. The molecule has 0 fully saturated rings. The predicted octanol–water partition coefficient (Wildman–Crippen LogP) is 0.345. The van der Waals surface area contributed by atoms with Crippen LogP contribution in [0.15, 0.2) is 9.98 Å². The molecule has 16 heavy (non-hydrogen) atoms. The van der Waals surface area contributed by atoms with E-state index < -0.39 is 0 Å². The van der Waals surface area contributed by atoms with E-state index in [1.54, 1.807) is 7.05 Å². The highest BCUT2D eigenvalue weighted by Crippen LogP contribution is 2.10. The van der Waals surface area contributed by atoms with Crippen LogP contribution in [0.4, 0.5) is 0 Å². The molecule has 0 saturated carbocycles. The second kappa shape index (κ2) is 7.19.